The van der Waals surface area contributed by atoms with Crippen LogP contribution in [0.1, 0.15) is 24.4 Å². The molecule has 1 N–H and O–H groups in total. The van der Waals surface area contributed by atoms with Crippen LogP contribution in [0.4, 0.5) is 0 Å². The molecule has 2 aliphatic rings. The van der Waals surface area contributed by atoms with E-state index in [1.807, 2.05) is 19.1 Å². The molecule has 2 fully saturated rings. The van der Waals surface area contributed by atoms with Gasteiger partial charge in [0.25, 0.3) is 0 Å². The Morgan fingerprint density at radius 1 is 1.50 bits per heavy atom. The molecule has 122 valence electrons. The van der Waals surface area contributed by atoms with Crippen LogP contribution in [0.5, 0.6) is 0 Å². The van der Waals surface area contributed by atoms with E-state index in [1.165, 1.54) is 0 Å². The van der Waals surface area contributed by atoms with Crippen molar-refractivity contribution in [1.29, 1.82) is 0 Å². The molecule has 0 aliphatic carbocycles. The maximum absolute atomic E-state index is 12.1. The molecule has 0 spiro atoms. The summed E-state index contributed by atoms with van der Waals surface area (Å²) < 4.78 is 16.5. The molecule has 1 amide bonds. The van der Waals surface area contributed by atoms with E-state index in [1.54, 1.807) is 7.11 Å². The second-order valence-corrected chi connectivity index (χ2v) is 6.02. The summed E-state index contributed by atoms with van der Waals surface area (Å²) in [6, 6.07) is 4.32. The summed E-state index contributed by atoms with van der Waals surface area (Å²) in [5.74, 6) is 1.88. The third-order valence-corrected chi connectivity index (χ3v) is 4.45. The number of nitrogens with zero attached hydrogens (tertiary/aromatic N) is 1. The minimum absolute atomic E-state index is 0.0276. The summed E-state index contributed by atoms with van der Waals surface area (Å²) in [5.41, 5.74) is 0. The van der Waals surface area contributed by atoms with Gasteiger partial charge in [-0.3, -0.25) is 9.69 Å². The number of nitrogens with one attached hydrogen (secondary N) is 1. The maximum Gasteiger partial charge on any atom is 0.249 e. The summed E-state index contributed by atoms with van der Waals surface area (Å²) in [6.45, 7) is 4.79. The first-order chi connectivity index (χ1) is 10.7. The van der Waals surface area contributed by atoms with Crippen molar-refractivity contribution in [3.8, 4) is 0 Å². The van der Waals surface area contributed by atoms with E-state index >= 15 is 0 Å². The van der Waals surface area contributed by atoms with Gasteiger partial charge in [0.1, 0.15) is 17.6 Å². The maximum atomic E-state index is 12.1. The van der Waals surface area contributed by atoms with Crippen LogP contribution in [0.2, 0.25) is 0 Å². The van der Waals surface area contributed by atoms with E-state index < -0.39 is 0 Å². The standard InChI is InChI=1S/C16H24N2O4/c1-11-3-4-12(21-11)10-18-7-5-14-13(18)9-15(22-14)16(19)17-6-8-20-2/h3-4,13-15H,5-10H2,1-2H3,(H,17,19)/t13-,14-,15+/m1/s1. The van der Waals surface area contributed by atoms with Crippen molar-refractivity contribution in [2.75, 3.05) is 26.8 Å². The van der Waals surface area contributed by atoms with Gasteiger partial charge in [-0.1, -0.05) is 0 Å². The SMILES string of the molecule is COCCNC(=O)[C@@H]1C[C@@H]2[C@@H](CCN2Cc2ccc(C)o2)O1. The van der Waals surface area contributed by atoms with E-state index in [2.05, 4.69) is 10.2 Å². The highest BCUT2D eigenvalue weighted by molar-refractivity contribution is 5.81. The van der Waals surface area contributed by atoms with Gasteiger partial charge in [0.15, 0.2) is 0 Å². The number of hydrogen-bond acceptors (Lipinski definition) is 5. The van der Waals surface area contributed by atoms with Crippen LogP contribution >= 0.6 is 0 Å². The molecule has 1 aromatic heterocycles. The van der Waals surface area contributed by atoms with Gasteiger partial charge >= 0.3 is 0 Å². The van der Waals surface area contributed by atoms with Crippen molar-refractivity contribution in [2.45, 2.75) is 44.6 Å². The summed E-state index contributed by atoms with van der Waals surface area (Å²) in [7, 11) is 1.62. The van der Waals surface area contributed by atoms with Crippen molar-refractivity contribution >= 4 is 5.91 Å². The second-order valence-electron chi connectivity index (χ2n) is 6.02. The number of likely N-dealkylation sites (tertiary alicyclic amines) is 1. The topological polar surface area (TPSA) is 63.9 Å². The first-order valence-corrected chi connectivity index (χ1v) is 7.89. The van der Waals surface area contributed by atoms with Gasteiger partial charge in [0.05, 0.1) is 19.3 Å². The Labute approximate surface area is 130 Å². The van der Waals surface area contributed by atoms with Gasteiger partial charge in [0.2, 0.25) is 5.91 Å². The van der Waals surface area contributed by atoms with E-state index in [4.69, 9.17) is 13.9 Å². The van der Waals surface area contributed by atoms with E-state index in [0.717, 1.165) is 37.5 Å². The van der Waals surface area contributed by atoms with Gasteiger partial charge in [-0.05, 0) is 25.5 Å². The lowest BCUT2D eigenvalue weighted by Gasteiger charge is -2.21. The molecule has 6 heteroatoms. The van der Waals surface area contributed by atoms with Crippen molar-refractivity contribution in [1.82, 2.24) is 10.2 Å². The lowest BCUT2D eigenvalue weighted by atomic mass is 10.1. The fraction of sp³-hybridized carbons (Fsp3) is 0.688. The molecule has 2 saturated heterocycles. The smallest absolute Gasteiger partial charge is 0.249 e. The molecule has 6 nitrogen and oxygen atoms in total. The number of amides is 1. The third kappa shape index (κ3) is 3.34. The highest BCUT2D eigenvalue weighted by Crippen LogP contribution is 2.34. The molecule has 0 radical (unpaired) electrons. The van der Waals surface area contributed by atoms with Crippen LogP contribution in [-0.4, -0.2) is 55.9 Å². The molecule has 3 heterocycles. The van der Waals surface area contributed by atoms with Gasteiger partial charge < -0.3 is 19.2 Å². The molecule has 0 unspecified atom stereocenters. The molecular weight excluding hydrogens is 284 g/mol. The minimum Gasteiger partial charge on any atom is -0.465 e. The Bertz CT molecular complexity index is 516. The largest absolute Gasteiger partial charge is 0.465 e. The average molecular weight is 308 g/mol. The number of methoxy groups -OCH3 is 1. The van der Waals surface area contributed by atoms with Gasteiger partial charge in [-0.15, -0.1) is 0 Å². The van der Waals surface area contributed by atoms with Crippen molar-refractivity contribution in [2.24, 2.45) is 0 Å². The monoisotopic (exact) mass is 308 g/mol. The number of carbonyl (C=O) groups is 1. The Morgan fingerprint density at radius 3 is 3.09 bits per heavy atom. The van der Waals surface area contributed by atoms with Gasteiger partial charge in [0, 0.05) is 32.7 Å². The quantitative estimate of drug-likeness (QED) is 0.797. The van der Waals surface area contributed by atoms with Crippen LogP contribution in [0, 0.1) is 6.92 Å². The predicted molar refractivity (Wildman–Crippen MR) is 80.4 cm³/mol. The first-order valence-electron chi connectivity index (χ1n) is 7.89. The number of ether oxygens (including phenoxy) is 2. The predicted octanol–water partition coefficient (Wildman–Crippen LogP) is 1.08. The lowest BCUT2D eigenvalue weighted by molar-refractivity contribution is -0.132. The zero-order valence-electron chi connectivity index (χ0n) is 13.2. The lowest BCUT2D eigenvalue weighted by Crippen LogP contribution is -2.37. The second kappa shape index (κ2) is 6.81. The summed E-state index contributed by atoms with van der Waals surface area (Å²) in [4.78, 5) is 14.5. The summed E-state index contributed by atoms with van der Waals surface area (Å²) in [6.07, 6.45) is 1.55. The van der Waals surface area contributed by atoms with Crippen LogP contribution in [0.25, 0.3) is 0 Å². The normalized spacial score (nSPS) is 28.0. The van der Waals surface area contributed by atoms with Crippen molar-refractivity contribution in [3.05, 3.63) is 23.7 Å². The molecule has 22 heavy (non-hydrogen) atoms. The van der Waals surface area contributed by atoms with Gasteiger partial charge in [-0.25, -0.2) is 0 Å². The van der Waals surface area contributed by atoms with Crippen molar-refractivity contribution < 1.29 is 18.7 Å². The fourth-order valence-corrected chi connectivity index (χ4v) is 3.36. The Morgan fingerprint density at radius 2 is 2.36 bits per heavy atom. The van der Waals surface area contributed by atoms with Crippen LogP contribution in [0.3, 0.4) is 0 Å². The van der Waals surface area contributed by atoms with Gasteiger partial charge in [-0.2, -0.15) is 0 Å². The fourth-order valence-electron chi connectivity index (χ4n) is 3.36. The zero-order valence-corrected chi connectivity index (χ0v) is 13.2. The minimum atomic E-state index is -0.340. The summed E-state index contributed by atoms with van der Waals surface area (Å²) in [5, 5.41) is 2.86. The Hall–Kier alpha value is -1.37. The number of hydrogen-bond donors (Lipinski definition) is 1. The molecule has 1 aromatic rings. The zero-order chi connectivity index (χ0) is 15.5. The molecule has 0 saturated carbocycles. The number of fused-ring (bicyclic) bond motifs is 1. The highest BCUT2D eigenvalue weighted by Gasteiger charge is 2.45. The molecular formula is C16H24N2O4. The molecule has 3 rings (SSSR count). The Kier molecular flexibility index (Phi) is 4.81. The molecule has 0 aromatic carbocycles. The van der Waals surface area contributed by atoms with Crippen molar-refractivity contribution in [3.63, 3.8) is 0 Å². The van der Waals surface area contributed by atoms with E-state index in [-0.39, 0.29) is 18.1 Å². The number of furan rings is 1. The first kappa shape index (κ1) is 15.5. The number of carbonyl (C=O) groups excluding carboxylic acids is 1. The molecule has 2 aliphatic heterocycles. The Balaban J connectivity index is 1.53. The molecule has 0 bridgehead atoms. The van der Waals surface area contributed by atoms with E-state index in [0.29, 0.717) is 19.2 Å². The number of rotatable bonds is 6. The van der Waals surface area contributed by atoms with Crippen LogP contribution in [0.15, 0.2) is 16.5 Å². The van der Waals surface area contributed by atoms with E-state index in [9.17, 15) is 4.79 Å². The highest BCUT2D eigenvalue weighted by atomic mass is 16.5. The summed E-state index contributed by atoms with van der Waals surface area (Å²) >= 11 is 0. The third-order valence-electron chi connectivity index (χ3n) is 4.45. The van der Waals surface area contributed by atoms with Crippen LogP contribution in [-0.2, 0) is 20.8 Å². The molecule has 3 atom stereocenters. The average Bonchev–Trinajstić information content (AvgIpc) is 3.17. The number of aryl methyl sites for hydroxylation is 1. The van der Waals surface area contributed by atoms with Crippen LogP contribution < -0.4 is 5.32 Å².